The number of rotatable bonds is 5. The number of ether oxygens (including phenoxy) is 1. The van der Waals surface area contributed by atoms with E-state index < -0.39 is 0 Å². The van der Waals surface area contributed by atoms with Crippen molar-refractivity contribution in [1.29, 1.82) is 0 Å². The zero-order chi connectivity index (χ0) is 22.8. The van der Waals surface area contributed by atoms with Crippen LogP contribution in [0.1, 0.15) is 40.5 Å². The van der Waals surface area contributed by atoms with Gasteiger partial charge in [0.2, 0.25) is 5.95 Å². The van der Waals surface area contributed by atoms with Gasteiger partial charge in [0.25, 0.3) is 5.91 Å². The summed E-state index contributed by atoms with van der Waals surface area (Å²) in [7, 11) is 7.39. The van der Waals surface area contributed by atoms with E-state index in [9.17, 15) is 4.79 Å². The fourth-order valence-corrected chi connectivity index (χ4v) is 4.19. The van der Waals surface area contributed by atoms with E-state index in [2.05, 4.69) is 10.1 Å². The van der Waals surface area contributed by atoms with Gasteiger partial charge in [-0.2, -0.15) is 5.10 Å². The zero-order valence-corrected chi connectivity index (χ0v) is 19.4. The highest BCUT2D eigenvalue weighted by Crippen LogP contribution is 2.35. The molecule has 1 fully saturated rings. The second kappa shape index (κ2) is 8.98. The van der Waals surface area contributed by atoms with E-state index in [4.69, 9.17) is 9.72 Å². The van der Waals surface area contributed by atoms with Crippen molar-refractivity contribution in [3.63, 3.8) is 0 Å². The predicted molar refractivity (Wildman–Crippen MR) is 124 cm³/mol. The standard InChI is InChI=1S/C24H30N6O2/c1-16-20(14-26-29(16)4)23(31)30-11-7-9-18(15-30)22-21(13-25-24(27-22)28(2)3)17-8-6-10-19(12-17)32-5/h6,8,10,12-14,18H,7,9,11,15H2,1-5H3/t18-/m0/s1. The molecule has 1 saturated heterocycles. The number of hydrogen-bond donors (Lipinski definition) is 0. The summed E-state index contributed by atoms with van der Waals surface area (Å²) in [4.78, 5) is 26.6. The number of carbonyl (C=O) groups is 1. The molecule has 0 N–H and O–H groups in total. The lowest BCUT2D eigenvalue weighted by atomic mass is 9.89. The Morgan fingerprint density at radius 1 is 1.25 bits per heavy atom. The Hall–Kier alpha value is -3.42. The van der Waals surface area contributed by atoms with Gasteiger partial charge in [-0.1, -0.05) is 12.1 Å². The minimum absolute atomic E-state index is 0.0325. The summed E-state index contributed by atoms with van der Waals surface area (Å²) in [6.45, 7) is 3.29. The molecule has 0 saturated carbocycles. The summed E-state index contributed by atoms with van der Waals surface area (Å²) >= 11 is 0. The van der Waals surface area contributed by atoms with E-state index in [1.807, 2.05) is 68.3 Å². The maximum atomic E-state index is 13.2. The SMILES string of the molecule is COc1cccc(-c2cnc(N(C)C)nc2[C@H]2CCCN(C(=O)c3cnn(C)c3C)C2)c1. The molecule has 0 unspecified atom stereocenters. The molecule has 0 bridgehead atoms. The molecule has 4 rings (SSSR count). The number of methoxy groups -OCH3 is 1. The first-order valence-electron chi connectivity index (χ1n) is 10.9. The van der Waals surface area contributed by atoms with Crippen molar-refractivity contribution < 1.29 is 9.53 Å². The van der Waals surface area contributed by atoms with Gasteiger partial charge in [0, 0.05) is 57.6 Å². The number of nitrogens with zero attached hydrogens (tertiary/aromatic N) is 6. The minimum atomic E-state index is 0.0325. The van der Waals surface area contributed by atoms with Crippen molar-refractivity contribution >= 4 is 11.9 Å². The normalized spacial score (nSPS) is 16.2. The molecule has 8 nitrogen and oxygen atoms in total. The minimum Gasteiger partial charge on any atom is -0.497 e. The molecule has 3 heterocycles. The highest BCUT2D eigenvalue weighted by atomic mass is 16.5. The number of aromatic nitrogens is 4. The molecule has 8 heteroatoms. The second-order valence-electron chi connectivity index (χ2n) is 8.45. The molecule has 168 valence electrons. The van der Waals surface area contributed by atoms with Crippen LogP contribution in [-0.2, 0) is 7.05 Å². The smallest absolute Gasteiger partial charge is 0.257 e. The molecule has 1 atom stereocenters. The van der Waals surface area contributed by atoms with E-state index in [1.54, 1.807) is 18.0 Å². The van der Waals surface area contributed by atoms with Crippen LogP contribution in [0.5, 0.6) is 5.75 Å². The van der Waals surface area contributed by atoms with Gasteiger partial charge in [-0.25, -0.2) is 9.97 Å². The maximum absolute atomic E-state index is 13.2. The lowest BCUT2D eigenvalue weighted by Crippen LogP contribution is -2.39. The van der Waals surface area contributed by atoms with Crippen LogP contribution in [-0.4, -0.2) is 64.9 Å². The quantitative estimate of drug-likeness (QED) is 0.613. The molecule has 3 aromatic rings. The molecule has 1 aliphatic rings. The Kier molecular flexibility index (Phi) is 6.12. The van der Waals surface area contributed by atoms with Crippen molar-refractivity contribution in [2.45, 2.75) is 25.7 Å². The molecule has 0 radical (unpaired) electrons. The van der Waals surface area contributed by atoms with Gasteiger partial charge in [-0.05, 0) is 37.5 Å². The topological polar surface area (TPSA) is 76.4 Å². The van der Waals surface area contributed by atoms with Crippen molar-refractivity contribution in [2.24, 2.45) is 7.05 Å². The second-order valence-corrected chi connectivity index (χ2v) is 8.45. The van der Waals surface area contributed by atoms with Crippen molar-refractivity contribution in [3.05, 3.63) is 53.6 Å². The number of carbonyl (C=O) groups excluding carboxylic acids is 1. The summed E-state index contributed by atoms with van der Waals surface area (Å²) < 4.78 is 7.16. The number of likely N-dealkylation sites (tertiary alicyclic amines) is 1. The summed E-state index contributed by atoms with van der Waals surface area (Å²) in [5.74, 6) is 1.61. The number of amides is 1. The Balaban J connectivity index is 1.70. The maximum Gasteiger partial charge on any atom is 0.257 e. The highest BCUT2D eigenvalue weighted by Gasteiger charge is 2.30. The monoisotopic (exact) mass is 434 g/mol. The number of aryl methyl sites for hydroxylation is 1. The van der Waals surface area contributed by atoms with Gasteiger partial charge in [0.1, 0.15) is 5.75 Å². The average Bonchev–Trinajstić information content (AvgIpc) is 3.16. The Morgan fingerprint density at radius 3 is 2.75 bits per heavy atom. The van der Waals surface area contributed by atoms with E-state index >= 15 is 0 Å². The van der Waals surface area contributed by atoms with Crippen LogP contribution in [0, 0.1) is 6.92 Å². The van der Waals surface area contributed by atoms with Gasteiger partial charge in [-0.15, -0.1) is 0 Å². The first kappa shape index (κ1) is 21.8. The summed E-state index contributed by atoms with van der Waals surface area (Å²) in [5, 5.41) is 4.24. The van der Waals surface area contributed by atoms with Crippen LogP contribution in [0.2, 0.25) is 0 Å². The van der Waals surface area contributed by atoms with E-state index in [1.165, 1.54) is 0 Å². The van der Waals surface area contributed by atoms with Gasteiger partial charge >= 0.3 is 0 Å². The van der Waals surface area contributed by atoms with Gasteiger partial charge in [0.05, 0.1) is 24.6 Å². The zero-order valence-electron chi connectivity index (χ0n) is 19.4. The first-order chi connectivity index (χ1) is 15.4. The third kappa shape index (κ3) is 4.17. The van der Waals surface area contributed by atoms with E-state index in [-0.39, 0.29) is 11.8 Å². The third-order valence-corrected chi connectivity index (χ3v) is 6.15. The Morgan fingerprint density at radius 2 is 2.06 bits per heavy atom. The molecule has 1 amide bonds. The fourth-order valence-electron chi connectivity index (χ4n) is 4.19. The lowest BCUT2D eigenvalue weighted by Gasteiger charge is -2.33. The fraction of sp³-hybridized carbons (Fsp3) is 0.417. The molecule has 1 aliphatic heterocycles. The highest BCUT2D eigenvalue weighted by molar-refractivity contribution is 5.95. The van der Waals surface area contributed by atoms with Crippen LogP contribution in [0.25, 0.3) is 11.1 Å². The summed E-state index contributed by atoms with van der Waals surface area (Å²) in [6.07, 6.45) is 5.45. The molecular formula is C24H30N6O2. The van der Waals surface area contributed by atoms with E-state index in [0.29, 0.717) is 18.1 Å². The Labute approximate surface area is 188 Å². The molecule has 0 aliphatic carbocycles. The summed E-state index contributed by atoms with van der Waals surface area (Å²) in [6, 6.07) is 7.95. The number of piperidine rings is 1. The third-order valence-electron chi connectivity index (χ3n) is 6.15. The molecule has 32 heavy (non-hydrogen) atoms. The first-order valence-corrected chi connectivity index (χ1v) is 10.9. The molecule has 0 spiro atoms. The van der Waals surface area contributed by atoms with Crippen LogP contribution < -0.4 is 9.64 Å². The number of anilines is 1. The van der Waals surface area contributed by atoms with Gasteiger partial charge in [0.15, 0.2) is 0 Å². The average molecular weight is 435 g/mol. The Bertz CT molecular complexity index is 1120. The van der Waals surface area contributed by atoms with Crippen LogP contribution in [0.3, 0.4) is 0 Å². The molecular weight excluding hydrogens is 404 g/mol. The van der Waals surface area contributed by atoms with Crippen LogP contribution >= 0.6 is 0 Å². The lowest BCUT2D eigenvalue weighted by molar-refractivity contribution is 0.0705. The van der Waals surface area contributed by atoms with Crippen LogP contribution in [0.4, 0.5) is 5.95 Å². The number of hydrogen-bond acceptors (Lipinski definition) is 6. The predicted octanol–water partition coefficient (Wildman–Crippen LogP) is 3.28. The largest absolute Gasteiger partial charge is 0.497 e. The van der Waals surface area contributed by atoms with Crippen molar-refractivity contribution in [3.8, 4) is 16.9 Å². The van der Waals surface area contributed by atoms with Crippen molar-refractivity contribution in [2.75, 3.05) is 39.2 Å². The van der Waals surface area contributed by atoms with Gasteiger partial charge < -0.3 is 14.5 Å². The van der Waals surface area contributed by atoms with Gasteiger partial charge in [-0.3, -0.25) is 9.48 Å². The number of benzene rings is 1. The van der Waals surface area contributed by atoms with E-state index in [0.717, 1.165) is 47.7 Å². The van der Waals surface area contributed by atoms with Crippen molar-refractivity contribution in [1.82, 2.24) is 24.6 Å². The molecule has 1 aromatic carbocycles. The van der Waals surface area contributed by atoms with Crippen LogP contribution in [0.15, 0.2) is 36.7 Å². The molecule has 2 aromatic heterocycles. The summed E-state index contributed by atoms with van der Waals surface area (Å²) in [5.41, 5.74) is 4.50.